The van der Waals surface area contributed by atoms with Gasteiger partial charge in [-0.2, -0.15) is 0 Å². The van der Waals surface area contributed by atoms with Gasteiger partial charge in [-0.1, -0.05) is 42.3 Å². The number of hydrogen-bond acceptors (Lipinski definition) is 3. The molecule has 0 aliphatic rings. The third kappa shape index (κ3) is 3.16. The fourth-order valence-corrected chi connectivity index (χ4v) is 1.13. The Hall–Kier alpha value is -0.800. The maximum Gasteiger partial charge on any atom is 0.174 e. The van der Waals surface area contributed by atoms with Gasteiger partial charge < -0.3 is 5.32 Å². The molecule has 0 radical (unpaired) electrons. The van der Waals surface area contributed by atoms with E-state index in [1.807, 2.05) is 6.92 Å². The van der Waals surface area contributed by atoms with E-state index in [1.54, 1.807) is 6.07 Å². The van der Waals surface area contributed by atoms with E-state index in [2.05, 4.69) is 22.1 Å². The SMILES string of the molecule is C=C(CC)CNc1cc(Cl)nnc1Cl. The first kappa shape index (κ1) is 11.3. The number of aromatic nitrogens is 2. The number of nitrogens with zero attached hydrogens (tertiary/aromatic N) is 2. The summed E-state index contributed by atoms with van der Waals surface area (Å²) in [6.45, 7) is 6.58. The number of nitrogens with one attached hydrogen (secondary N) is 1. The van der Waals surface area contributed by atoms with E-state index in [9.17, 15) is 0 Å². The molecule has 1 aromatic heterocycles. The molecule has 1 N–H and O–H groups in total. The van der Waals surface area contributed by atoms with Crippen molar-refractivity contribution in [3.8, 4) is 0 Å². The van der Waals surface area contributed by atoms with E-state index in [0.717, 1.165) is 12.0 Å². The highest BCUT2D eigenvalue weighted by molar-refractivity contribution is 6.33. The third-order valence-corrected chi connectivity index (χ3v) is 2.21. The molecule has 0 atom stereocenters. The molecule has 1 heterocycles. The lowest BCUT2D eigenvalue weighted by Crippen LogP contribution is -2.05. The molecule has 0 aliphatic carbocycles. The van der Waals surface area contributed by atoms with Crippen LogP contribution in [0.4, 0.5) is 5.69 Å². The van der Waals surface area contributed by atoms with Gasteiger partial charge in [0.25, 0.3) is 0 Å². The molecule has 76 valence electrons. The topological polar surface area (TPSA) is 37.8 Å². The smallest absolute Gasteiger partial charge is 0.174 e. The maximum atomic E-state index is 5.80. The van der Waals surface area contributed by atoms with Crippen LogP contribution >= 0.6 is 23.2 Å². The zero-order valence-electron chi connectivity index (χ0n) is 7.85. The molecule has 0 bridgehead atoms. The van der Waals surface area contributed by atoms with Gasteiger partial charge in [0, 0.05) is 12.6 Å². The maximum absolute atomic E-state index is 5.80. The fourth-order valence-electron chi connectivity index (χ4n) is 0.822. The highest BCUT2D eigenvalue weighted by Crippen LogP contribution is 2.20. The summed E-state index contributed by atoms with van der Waals surface area (Å²) >= 11 is 11.5. The van der Waals surface area contributed by atoms with Crippen molar-refractivity contribution in [1.82, 2.24) is 10.2 Å². The van der Waals surface area contributed by atoms with E-state index in [1.165, 1.54) is 0 Å². The molecule has 0 amide bonds. The molecular weight excluding hydrogens is 221 g/mol. The summed E-state index contributed by atoms with van der Waals surface area (Å²) in [7, 11) is 0. The first-order valence-electron chi connectivity index (χ1n) is 4.22. The van der Waals surface area contributed by atoms with Crippen LogP contribution in [0.2, 0.25) is 10.3 Å². The molecule has 0 unspecified atom stereocenters. The second-order valence-electron chi connectivity index (χ2n) is 2.83. The molecule has 1 aromatic rings. The Morgan fingerprint density at radius 1 is 1.50 bits per heavy atom. The Balaban J connectivity index is 2.66. The molecule has 1 rings (SSSR count). The number of hydrogen-bond donors (Lipinski definition) is 1. The molecule has 0 aromatic carbocycles. The Kier molecular flexibility index (Phi) is 4.17. The van der Waals surface area contributed by atoms with Crippen LogP contribution in [0.3, 0.4) is 0 Å². The van der Waals surface area contributed by atoms with E-state index in [4.69, 9.17) is 23.2 Å². The quantitative estimate of drug-likeness (QED) is 0.810. The van der Waals surface area contributed by atoms with Crippen LogP contribution < -0.4 is 5.32 Å². The van der Waals surface area contributed by atoms with Crippen molar-refractivity contribution in [2.75, 3.05) is 11.9 Å². The van der Waals surface area contributed by atoms with E-state index >= 15 is 0 Å². The van der Waals surface area contributed by atoms with Gasteiger partial charge in [0.1, 0.15) is 0 Å². The molecule has 0 spiro atoms. The Bertz CT molecular complexity index is 339. The van der Waals surface area contributed by atoms with Crippen molar-refractivity contribution in [3.63, 3.8) is 0 Å². The predicted molar refractivity (Wildman–Crippen MR) is 60.0 cm³/mol. The largest absolute Gasteiger partial charge is 0.379 e. The molecule has 0 saturated heterocycles. The van der Waals surface area contributed by atoms with Crippen molar-refractivity contribution >= 4 is 28.9 Å². The Labute approximate surface area is 93.1 Å². The first-order chi connectivity index (χ1) is 6.63. The van der Waals surface area contributed by atoms with Gasteiger partial charge in [0.2, 0.25) is 0 Å². The van der Waals surface area contributed by atoms with Crippen LogP contribution in [0.15, 0.2) is 18.2 Å². The lowest BCUT2D eigenvalue weighted by Gasteiger charge is -2.07. The summed E-state index contributed by atoms with van der Waals surface area (Å²) in [6.07, 6.45) is 0.927. The first-order valence-corrected chi connectivity index (χ1v) is 4.98. The van der Waals surface area contributed by atoms with Crippen LogP contribution in [0, 0.1) is 0 Å². The van der Waals surface area contributed by atoms with Crippen molar-refractivity contribution < 1.29 is 0 Å². The van der Waals surface area contributed by atoms with Crippen molar-refractivity contribution in [2.24, 2.45) is 0 Å². The van der Waals surface area contributed by atoms with Gasteiger partial charge in [-0.05, 0) is 6.42 Å². The summed E-state index contributed by atoms with van der Waals surface area (Å²) in [5, 5.41) is 11.0. The zero-order chi connectivity index (χ0) is 10.6. The van der Waals surface area contributed by atoms with Crippen molar-refractivity contribution in [1.29, 1.82) is 0 Å². The van der Waals surface area contributed by atoms with Crippen LogP contribution in [0.25, 0.3) is 0 Å². The number of rotatable bonds is 4. The number of anilines is 1. The lowest BCUT2D eigenvalue weighted by atomic mass is 10.2. The Morgan fingerprint density at radius 2 is 2.21 bits per heavy atom. The average molecular weight is 232 g/mol. The fraction of sp³-hybridized carbons (Fsp3) is 0.333. The highest BCUT2D eigenvalue weighted by Gasteiger charge is 2.03. The molecule has 3 nitrogen and oxygen atoms in total. The number of halogens is 2. The molecule has 0 aliphatic heterocycles. The molecule has 14 heavy (non-hydrogen) atoms. The predicted octanol–water partition coefficient (Wildman–Crippen LogP) is 3.16. The van der Waals surface area contributed by atoms with Gasteiger partial charge in [0.05, 0.1) is 5.69 Å². The molecule has 0 fully saturated rings. The zero-order valence-corrected chi connectivity index (χ0v) is 9.36. The van der Waals surface area contributed by atoms with Crippen LogP contribution in [-0.2, 0) is 0 Å². The van der Waals surface area contributed by atoms with Gasteiger partial charge in [0.15, 0.2) is 10.3 Å². The summed E-state index contributed by atoms with van der Waals surface area (Å²) < 4.78 is 0. The van der Waals surface area contributed by atoms with Gasteiger partial charge in [-0.15, -0.1) is 10.2 Å². The minimum Gasteiger partial charge on any atom is -0.379 e. The monoisotopic (exact) mass is 231 g/mol. The summed E-state index contributed by atoms with van der Waals surface area (Å²) in [5.74, 6) is 0. The van der Waals surface area contributed by atoms with Crippen LogP contribution in [0.5, 0.6) is 0 Å². The minimum atomic E-state index is 0.318. The average Bonchev–Trinajstić information content (AvgIpc) is 2.19. The molecular formula is C9H11Cl2N3. The summed E-state index contributed by atoms with van der Waals surface area (Å²) in [5.41, 5.74) is 1.77. The van der Waals surface area contributed by atoms with Gasteiger partial charge in [-0.3, -0.25) is 0 Å². The van der Waals surface area contributed by atoms with E-state index in [0.29, 0.717) is 22.5 Å². The highest BCUT2D eigenvalue weighted by atomic mass is 35.5. The van der Waals surface area contributed by atoms with Crippen LogP contribution in [-0.4, -0.2) is 16.7 Å². The molecule has 0 saturated carbocycles. The lowest BCUT2D eigenvalue weighted by molar-refractivity contribution is 1.01. The Morgan fingerprint density at radius 3 is 2.86 bits per heavy atom. The second-order valence-corrected chi connectivity index (χ2v) is 3.57. The normalized spacial score (nSPS) is 9.93. The molecule has 5 heteroatoms. The second kappa shape index (κ2) is 5.17. The summed E-state index contributed by atoms with van der Waals surface area (Å²) in [4.78, 5) is 0. The van der Waals surface area contributed by atoms with E-state index in [-0.39, 0.29) is 0 Å². The standard InChI is InChI=1S/C9H11Cl2N3/c1-3-6(2)5-12-7-4-8(10)13-14-9(7)11/h4H,2-3,5H2,1H3,(H,12,13). The van der Waals surface area contributed by atoms with E-state index < -0.39 is 0 Å². The van der Waals surface area contributed by atoms with Gasteiger partial charge >= 0.3 is 0 Å². The van der Waals surface area contributed by atoms with Crippen LogP contribution in [0.1, 0.15) is 13.3 Å². The third-order valence-electron chi connectivity index (χ3n) is 1.75. The summed E-state index contributed by atoms with van der Waals surface area (Å²) in [6, 6.07) is 1.64. The minimum absolute atomic E-state index is 0.318. The van der Waals surface area contributed by atoms with Gasteiger partial charge in [-0.25, -0.2) is 0 Å². The van der Waals surface area contributed by atoms with Crippen molar-refractivity contribution in [2.45, 2.75) is 13.3 Å². The van der Waals surface area contributed by atoms with Crippen molar-refractivity contribution in [3.05, 3.63) is 28.5 Å².